The maximum absolute atomic E-state index is 12.3. The molecule has 5 rings (SSSR count). The first-order chi connectivity index (χ1) is 11.8. The monoisotopic (exact) mass is 465 g/mol. The van der Waals surface area contributed by atoms with E-state index in [4.69, 9.17) is 14.2 Å². The van der Waals surface area contributed by atoms with Crippen molar-refractivity contribution in [3.05, 3.63) is 11.6 Å². The van der Waals surface area contributed by atoms with Crippen molar-refractivity contribution in [1.82, 2.24) is 0 Å². The molecule has 0 aromatic carbocycles. The van der Waals surface area contributed by atoms with E-state index in [9.17, 15) is 9.90 Å². The summed E-state index contributed by atoms with van der Waals surface area (Å²) in [6.07, 6.45) is 5.30. The number of nitrogens with zero attached hydrogens (tertiary/aromatic N) is 1. The van der Waals surface area contributed by atoms with Crippen LogP contribution in [0, 0.1) is 5.41 Å². The Morgan fingerprint density at radius 2 is 2.08 bits per heavy atom. The molecule has 0 radical (unpaired) electrons. The van der Waals surface area contributed by atoms with Gasteiger partial charge in [-0.3, -0.25) is 0 Å². The van der Waals surface area contributed by atoms with Gasteiger partial charge >= 0.3 is 160 Å². The molecule has 25 heavy (non-hydrogen) atoms. The summed E-state index contributed by atoms with van der Waals surface area (Å²) in [6.45, 7) is 5.94. The third kappa shape index (κ3) is 3.50. The number of alkyl halides is 1. The summed E-state index contributed by atoms with van der Waals surface area (Å²) in [6, 6.07) is 0. The molecule has 6 nitrogen and oxygen atoms in total. The summed E-state index contributed by atoms with van der Waals surface area (Å²) in [5, 5.41) is 10.6. The molecule has 0 aromatic rings. The quantitative estimate of drug-likeness (QED) is 0.162. The number of hydrogen-bond acceptors (Lipinski definition) is 5. The van der Waals surface area contributed by atoms with E-state index in [0.717, 1.165) is 48.3 Å². The van der Waals surface area contributed by atoms with E-state index in [-0.39, 0.29) is 39.5 Å². The number of fused-ring (bicyclic) bond motifs is 2. The summed E-state index contributed by atoms with van der Waals surface area (Å²) in [7, 11) is 0. The predicted octanol–water partition coefficient (Wildman–Crippen LogP) is -2.01. The van der Waals surface area contributed by atoms with Crippen molar-refractivity contribution in [2.24, 2.45) is 5.41 Å². The Labute approximate surface area is 159 Å². The first kappa shape index (κ1) is 18.2. The van der Waals surface area contributed by atoms with E-state index in [2.05, 4.69) is 11.0 Å². The van der Waals surface area contributed by atoms with Crippen LogP contribution < -0.4 is 21.5 Å². The number of rotatable bonds is 6. The Balaban J connectivity index is 1.30. The van der Waals surface area contributed by atoms with Crippen LogP contribution in [-0.2, 0) is 19.0 Å². The first-order valence-corrected chi connectivity index (χ1v) is 12.1. The molecule has 3 fully saturated rings. The second kappa shape index (κ2) is 6.15. The Bertz CT molecular complexity index is 594. The van der Waals surface area contributed by atoms with Crippen molar-refractivity contribution in [2.45, 2.75) is 43.8 Å². The molecular weight excluding hydrogens is 437 g/mol. The molecule has 0 aromatic heterocycles. The van der Waals surface area contributed by atoms with Gasteiger partial charge in [-0.05, 0) is 0 Å². The van der Waals surface area contributed by atoms with Crippen LogP contribution in [-0.4, -0.2) is 69.5 Å². The van der Waals surface area contributed by atoms with E-state index in [1.807, 2.05) is 6.92 Å². The molecule has 5 aliphatic rings. The second-order valence-corrected chi connectivity index (χ2v) is 11.4. The van der Waals surface area contributed by atoms with Gasteiger partial charge in [-0.25, -0.2) is 0 Å². The zero-order valence-electron chi connectivity index (χ0n) is 15.1. The number of ether oxygens (including phenoxy) is 3. The van der Waals surface area contributed by atoms with Gasteiger partial charge in [-0.15, -0.1) is 0 Å². The van der Waals surface area contributed by atoms with Crippen LogP contribution in [0.15, 0.2) is 11.6 Å². The van der Waals surface area contributed by atoms with Crippen molar-refractivity contribution in [2.75, 3.05) is 44.6 Å². The number of aliphatic hydroxyl groups is 1. The van der Waals surface area contributed by atoms with Gasteiger partial charge < -0.3 is 0 Å². The molecule has 0 amide bonds. The maximum atomic E-state index is 12.3. The van der Waals surface area contributed by atoms with Gasteiger partial charge in [0.2, 0.25) is 0 Å². The molecular formula is C18H28INO5. The van der Waals surface area contributed by atoms with Crippen LogP contribution in [0.2, 0.25) is 0 Å². The number of quaternary nitrogens is 1. The molecule has 1 aliphatic heterocycles. The fraction of sp³-hybridized carbons (Fsp3) is 0.833. The van der Waals surface area contributed by atoms with Gasteiger partial charge in [0, 0.05) is 0 Å². The minimum atomic E-state index is -0.706. The Kier molecular flexibility index (Phi) is 4.47. The molecule has 1 saturated heterocycles. The summed E-state index contributed by atoms with van der Waals surface area (Å²) in [5.41, 5.74) is 0.231. The predicted molar refractivity (Wildman–Crippen MR) is 86.0 cm³/mol. The molecule has 7 heteroatoms. The van der Waals surface area contributed by atoms with Crippen LogP contribution in [0.5, 0.6) is 0 Å². The van der Waals surface area contributed by atoms with E-state index in [1.54, 1.807) is 0 Å². The standard InChI is InChI=1S/C18H28INO5/c1-16(7-14-8-17(14)11-18(22,10-16)12-17)25-15(21)9-24-13-20(19-2)3-5-23-6-4-20/h7,22H,3-6,8-13H2,1-2H3. The van der Waals surface area contributed by atoms with E-state index in [1.165, 1.54) is 5.57 Å². The molecule has 1 atom stereocenters. The number of carbonyl (C=O) groups excluding carboxylic acids is 1. The summed E-state index contributed by atoms with van der Waals surface area (Å²) in [4.78, 5) is 14.6. The number of esters is 1. The van der Waals surface area contributed by atoms with Crippen molar-refractivity contribution in [1.29, 1.82) is 0 Å². The van der Waals surface area contributed by atoms with Gasteiger partial charge in [0.1, 0.15) is 0 Å². The average Bonchev–Trinajstić information content (AvgIpc) is 3.20. The molecule has 1 heterocycles. The zero-order chi connectivity index (χ0) is 17.8. The van der Waals surface area contributed by atoms with Crippen LogP contribution in [0.1, 0.15) is 32.6 Å². The molecule has 1 unspecified atom stereocenters. The topological polar surface area (TPSA) is 65.0 Å². The summed E-state index contributed by atoms with van der Waals surface area (Å²) in [5.74, 6) is -0.336. The first-order valence-electron chi connectivity index (χ1n) is 9.00. The molecule has 2 saturated carbocycles. The minimum absolute atomic E-state index is 0.0209. The van der Waals surface area contributed by atoms with E-state index >= 15 is 0 Å². The number of allylic oxidation sites excluding steroid dienone is 1. The third-order valence-corrected chi connectivity index (χ3v) is 9.39. The van der Waals surface area contributed by atoms with E-state index in [0.29, 0.717) is 13.2 Å². The van der Waals surface area contributed by atoms with E-state index < -0.39 is 11.2 Å². The molecule has 4 aliphatic carbocycles. The van der Waals surface area contributed by atoms with Gasteiger partial charge in [0.15, 0.2) is 0 Å². The van der Waals surface area contributed by atoms with Gasteiger partial charge in [0.25, 0.3) is 0 Å². The summed E-state index contributed by atoms with van der Waals surface area (Å²) >= 11 is -0.0351. The average molecular weight is 465 g/mol. The summed E-state index contributed by atoms with van der Waals surface area (Å²) < 4.78 is 17.9. The Hall–Kier alpha value is -0.220. The van der Waals surface area contributed by atoms with Gasteiger partial charge in [-0.2, -0.15) is 0 Å². The fourth-order valence-electron chi connectivity index (χ4n) is 4.95. The Morgan fingerprint density at radius 1 is 1.36 bits per heavy atom. The van der Waals surface area contributed by atoms with Gasteiger partial charge in [-0.1, -0.05) is 0 Å². The van der Waals surface area contributed by atoms with Crippen molar-refractivity contribution >= 4 is 5.97 Å². The van der Waals surface area contributed by atoms with Crippen LogP contribution in [0.3, 0.4) is 0 Å². The van der Waals surface area contributed by atoms with Crippen molar-refractivity contribution in [3.63, 3.8) is 0 Å². The van der Waals surface area contributed by atoms with Crippen molar-refractivity contribution < 1.29 is 48.3 Å². The molecule has 2 bridgehead atoms. The molecule has 142 valence electrons. The van der Waals surface area contributed by atoms with Gasteiger partial charge in [0.05, 0.1) is 0 Å². The number of morpholine rings is 1. The number of hydrogen-bond donors (Lipinski definition) is 1. The van der Waals surface area contributed by atoms with Crippen LogP contribution in [0.4, 0.5) is 0 Å². The Morgan fingerprint density at radius 3 is 2.76 bits per heavy atom. The SMILES string of the molecule is C[I-][N+]1(COCC(=O)OC2(C)C=C3CC34CC(O)(C2)C4)CCOCC1. The molecule has 1 spiro atoms. The second-order valence-electron chi connectivity index (χ2n) is 8.40. The van der Waals surface area contributed by atoms with Crippen molar-refractivity contribution in [3.8, 4) is 0 Å². The molecule has 1 N–H and O–H groups in total. The normalized spacial score (nSPS) is 41.2. The third-order valence-electron chi connectivity index (χ3n) is 6.10. The number of halogens is 1. The zero-order valence-corrected chi connectivity index (χ0v) is 17.2. The fourth-order valence-corrected chi connectivity index (χ4v) is 6.78. The van der Waals surface area contributed by atoms with Crippen LogP contribution >= 0.6 is 0 Å². The number of carbonyl (C=O) groups is 1. The van der Waals surface area contributed by atoms with Crippen LogP contribution in [0.25, 0.3) is 0 Å².